The molecule has 0 spiro atoms. The number of carbonyl (C=O) groups excluding carboxylic acids is 1. The Morgan fingerprint density at radius 3 is 2.57 bits per heavy atom. The van der Waals surface area contributed by atoms with E-state index < -0.39 is 0 Å². The van der Waals surface area contributed by atoms with Gasteiger partial charge in [-0.05, 0) is 43.3 Å². The maximum Gasteiger partial charge on any atom is 0.223 e. The van der Waals surface area contributed by atoms with Crippen LogP contribution in [-0.4, -0.2) is 37.0 Å². The highest BCUT2D eigenvalue weighted by molar-refractivity contribution is 5.77. The van der Waals surface area contributed by atoms with Gasteiger partial charge in [-0.15, -0.1) is 0 Å². The van der Waals surface area contributed by atoms with E-state index in [1.807, 2.05) is 18.2 Å². The molecule has 1 atom stereocenters. The van der Waals surface area contributed by atoms with E-state index in [-0.39, 0.29) is 0 Å². The molecule has 0 bridgehead atoms. The molecule has 21 heavy (non-hydrogen) atoms. The molecule has 1 aliphatic heterocycles. The maximum atomic E-state index is 12.4. The van der Waals surface area contributed by atoms with Crippen LogP contribution in [0.5, 0.6) is 0 Å². The van der Waals surface area contributed by atoms with Crippen molar-refractivity contribution in [2.24, 2.45) is 5.92 Å². The Labute approximate surface area is 128 Å². The van der Waals surface area contributed by atoms with Crippen LogP contribution >= 0.6 is 0 Å². The van der Waals surface area contributed by atoms with Crippen molar-refractivity contribution in [3.8, 4) is 0 Å². The third-order valence-electron chi connectivity index (χ3n) is 4.50. The Balaban J connectivity index is 1.77. The van der Waals surface area contributed by atoms with E-state index in [9.17, 15) is 4.79 Å². The normalized spacial score (nSPS) is 17.7. The number of nitrogens with zero attached hydrogens (tertiary/aromatic N) is 1. The molecule has 1 saturated heterocycles. The van der Waals surface area contributed by atoms with Crippen LogP contribution in [0, 0.1) is 5.92 Å². The van der Waals surface area contributed by atoms with Crippen molar-refractivity contribution in [1.82, 2.24) is 10.2 Å². The Bertz CT molecular complexity index is 424. The predicted molar refractivity (Wildman–Crippen MR) is 87.3 cm³/mol. The molecule has 3 heteroatoms. The van der Waals surface area contributed by atoms with Crippen LogP contribution in [0.4, 0.5) is 0 Å². The molecule has 3 nitrogen and oxygen atoms in total. The van der Waals surface area contributed by atoms with Gasteiger partial charge in [0.05, 0.1) is 0 Å². The van der Waals surface area contributed by atoms with E-state index in [1.54, 1.807) is 0 Å². The van der Waals surface area contributed by atoms with Crippen molar-refractivity contribution in [1.29, 1.82) is 0 Å². The lowest BCUT2D eigenvalue weighted by atomic mass is 9.94. The van der Waals surface area contributed by atoms with E-state index >= 15 is 0 Å². The number of carbonyl (C=O) groups is 1. The first kappa shape index (κ1) is 16.0. The first-order valence-electron chi connectivity index (χ1n) is 8.24. The first-order chi connectivity index (χ1) is 10.2. The second-order valence-corrected chi connectivity index (χ2v) is 6.15. The van der Waals surface area contributed by atoms with Gasteiger partial charge in [-0.3, -0.25) is 4.79 Å². The summed E-state index contributed by atoms with van der Waals surface area (Å²) in [7, 11) is 0. The molecule has 2 rings (SSSR count). The summed E-state index contributed by atoms with van der Waals surface area (Å²) in [6.07, 6.45) is 2.90. The van der Waals surface area contributed by atoms with Crippen molar-refractivity contribution in [3.63, 3.8) is 0 Å². The second-order valence-electron chi connectivity index (χ2n) is 6.15. The minimum absolute atomic E-state index is 0.304. The number of hydrogen-bond acceptors (Lipinski definition) is 2. The van der Waals surface area contributed by atoms with Gasteiger partial charge in [-0.1, -0.05) is 44.2 Å². The molecule has 1 aromatic rings. The molecule has 0 saturated carbocycles. The summed E-state index contributed by atoms with van der Waals surface area (Å²) < 4.78 is 0. The standard InChI is InChI=1S/C18H28N2O/c1-3-19-14-16-9-11-20(12-10-16)18(21)13-15(2)17-7-5-4-6-8-17/h4-8,15-16,19H,3,9-14H2,1-2H3. The summed E-state index contributed by atoms with van der Waals surface area (Å²) in [5.41, 5.74) is 1.26. The fourth-order valence-corrected chi connectivity index (χ4v) is 3.03. The molecule has 0 aliphatic carbocycles. The molecule has 1 N–H and O–H groups in total. The summed E-state index contributed by atoms with van der Waals surface area (Å²) in [4.78, 5) is 14.5. The van der Waals surface area contributed by atoms with E-state index in [0.717, 1.165) is 44.9 Å². The van der Waals surface area contributed by atoms with Crippen LogP contribution in [0.2, 0.25) is 0 Å². The smallest absolute Gasteiger partial charge is 0.223 e. The van der Waals surface area contributed by atoms with Gasteiger partial charge in [-0.25, -0.2) is 0 Å². The quantitative estimate of drug-likeness (QED) is 0.872. The van der Waals surface area contributed by atoms with Gasteiger partial charge in [0.15, 0.2) is 0 Å². The molecule has 0 radical (unpaired) electrons. The van der Waals surface area contributed by atoms with Crippen LogP contribution in [0.3, 0.4) is 0 Å². The summed E-state index contributed by atoms with van der Waals surface area (Å²) in [5, 5.41) is 3.41. The fraction of sp³-hybridized carbons (Fsp3) is 0.611. The number of rotatable bonds is 6. The Kier molecular flexibility index (Phi) is 6.24. The molecule has 1 fully saturated rings. The fourth-order valence-electron chi connectivity index (χ4n) is 3.03. The average Bonchev–Trinajstić information content (AvgIpc) is 2.54. The van der Waals surface area contributed by atoms with Crippen molar-refractivity contribution in [2.45, 2.75) is 39.0 Å². The SMILES string of the molecule is CCNCC1CCN(C(=O)CC(C)c2ccccc2)CC1. The molecular weight excluding hydrogens is 260 g/mol. The minimum atomic E-state index is 0.304. The largest absolute Gasteiger partial charge is 0.343 e. The zero-order chi connectivity index (χ0) is 15.1. The summed E-state index contributed by atoms with van der Waals surface area (Å²) in [5.74, 6) is 1.35. The highest BCUT2D eigenvalue weighted by Gasteiger charge is 2.23. The highest BCUT2D eigenvalue weighted by Crippen LogP contribution is 2.22. The Morgan fingerprint density at radius 2 is 1.95 bits per heavy atom. The number of hydrogen-bond donors (Lipinski definition) is 1. The van der Waals surface area contributed by atoms with Crippen LogP contribution in [-0.2, 0) is 4.79 Å². The lowest BCUT2D eigenvalue weighted by molar-refractivity contribution is -0.132. The highest BCUT2D eigenvalue weighted by atomic mass is 16.2. The van der Waals surface area contributed by atoms with Crippen molar-refractivity contribution < 1.29 is 4.79 Å². The van der Waals surface area contributed by atoms with Crippen LogP contribution in [0.1, 0.15) is 44.6 Å². The third kappa shape index (κ3) is 4.85. The molecule has 1 amide bonds. The number of piperidine rings is 1. The van der Waals surface area contributed by atoms with Crippen molar-refractivity contribution in [3.05, 3.63) is 35.9 Å². The molecule has 1 aliphatic rings. The molecule has 0 aromatic heterocycles. The topological polar surface area (TPSA) is 32.3 Å². The third-order valence-corrected chi connectivity index (χ3v) is 4.50. The number of nitrogens with one attached hydrogen (secondary N) is 1. The minimum Gasteiger partial charge on any atom is -0.343 e. The average molecular weight is 288 g/mol. The molecular formula is C18H28N2O. The molecule has 1 heterocycles. The van der Waals surface area contributed by atoms with Gasteiger partial charge in [0, 0.05) is 19.5 Å². The maximum absolute atomic E-state index is 12.4. The van der Waals surface area contributed by atoms with Gasteiger partial charge in [-0.2, -0.15) is 0 Å². The zero-order valence-electron chi connectivity index (χ0n) is 13.3. The molecule has 116 valence electrons. The predicted octanol–water partition coefficient (Wildman–Crippen LogP) is 3.03. The monoisotopic (exact) mass is 288 g/mol. The number of amides is 1. The van der Waals surface area contributed by atoms with Crippen LogP contribution in [0.25, 0.3) is 0 Å². The first-order valence-corrected chi connectivity index (χ1v) is 8.24. The number of benzene rings is 1. The summed E-state index contributed by atoms with van der Waals surface area (Å²) in [6.45, 7) is 8.27. The van der Waals surface area contributed by atoms with Gasteiger partial charge < -0.3 is 10.2 Å². The molecule has 1 aromatic carbocycles. The van der Waals surface area contributed by atoms with Crippen LogP contribution < -0.4 is 5.32 Å². The number of likely N-dealkylation sites (tertiary alicyclic amines) is 1. The van der Waals surface area contributed by atoms with Crippen LogP contribution in [0.15, 0.2) is 30.3 Å². The van der Waals surface area contributed by atoms with Crippen molar-refractivity contribution in [2.75, 3.05) is 26.2 Å². The van der Waals surface area contributed by atoms with E-state index in [0.29, 0.717) is 18.2 Å². The summed E-state index contributed by atoms with van der Waals surface area (Å²) >= 11 is 0. The van der Waals surface area contributed by atoms with Crippen molar-refractivity contribution >= 4 is 5.91 Å². The lowest BCUT2D eigenvalue weighted by Crippen LogP contribution is -2.41. The lowest BCUT2D eigenvalue weighted by Gasteiger charge is -2.32. The Morgan fingerprint density at radius 1 is 1.29 bits per heavy atom. The summed E-state index contributed by atoms with van der Waals surface area (Å²) in [6, 6.07) is 10.3. The van der Waals surface area contributed by atoms with Gasteiger partial charge >= 0.3 is 0 Å². The van der Waals surface area contributed by atoms with Gasteiger partial charge in [0.1, 0.15) is 0 Å². The van der Waals surface area contributed by atoms with Gasteiger partial charge in [0.2, 0.25) is 5.91 Å². The Hall–Kier alpha value is -1.35. The molecule has 1 unspecified atom stereocenters. The van der Waals surface area contributed by atoms with E-state index in [1.165, 1.54) is 5.56 Å². The zero-order valence-corrected chi connectivity index (χ0v) is 13.3. The second kappa shape index (κ2) is 8.18. The van der Waals surface area contributed by atoms with E-state index in [4.69, 9.17) is 0 Å². The van der Waals surface area contributed by atoms with Gasteiger partial charge in [0.25, 0.3) is 0 Å². The van der Waals surface area contributed by atoms with E-state index in [2.05, 4.69) is 36.2 Å².